The van der Waals surface area contributed by atoms with E-state index in [2.05, 4.69) is 13.2 Å². The number of rotatable bonds is 6. The van der Waals surface area contributed by atoms with Crippen LogP contribution in [0.15, 0.2) is 73.8 Å². The van der Waals surface area contributed by atoms with Gasteiger partial charge in [-0.05, 0) is 35.4 Å². The monoisotopic (exact) mass is 280 g/mol. The van der Waals surface area contributed by atoms with Gasteiger partial charge in [0.2, 0.25) is 0 Å². The van der Waals surface area contributed by atoms with Crippen molar-refractivity contribution in [2.45, 2.75) is 0 Å². The molecule has 0 fully saturated rings. The number of carbonyl (C=O) groups is 1. The smallest absolute Gasteiger partial charge is 0.335 e. The summed E-state index contributed by atoms with van der Waals surface area (Å²) in [6, 6.07) is 15.1. The SMILES string of the molecule is C=CCOc1ccc(-c2ccc(OC(=O)C=C)cc2)cc1. The average Bonchev–Trinajstić information content (AvgIpc) is 2.54. The first-order valence-corrected chi connectivity index (χ1v) is 6.51. The Hall–Kier alpha value is -2.81. The zero-order valence-corrected chi connectivity index (χ0v) is 11.6. The Balaban J connectivity index is 2.09. The zero-order valence-electron chi connectivity index (χ0n) is 11.6. The lowest BCUT2D eigenvalue weighted by atomic mass is 10.1. The molecule has 0 atom stereocenters. The van der Waals surface area contributed by atoms with E-state index in [0.29, 0.717) is 12.4 Å². The molecular weight excluding hydrogens is 264 g/mol. The molecule has 0 saturated heterocycles. The van der Waals surface area contributed by atoms with Crippen molar-refractivity contribution in [3.05, 3.63) is 73.8 Å². The van der Waals surface area contributed by atoms with Gasteiger partial charge in [-0.2, -0.15) is 0 Å². The van der Waals surface area contributed by atoms with E-state index in [9.17, 15) is 4.79 Å². The first kappa shape index (κ1) is 14.6. The Kier molecular flexibility index (Phi) is 4.94. The molecule has 0 saturated carbocycles. The summed E-state index contributed by atoms with van der Waals surface area (Å²) in [6.07, 6.45) is 2.84. The van der Waals surface area contributed by atoms with Crippen molar-refractivity contribution in [2.24, 2.45) is 0 Å². The second kappa shape index (κ2) is 7.10. The van der Waals surface area contributed by atoms with Gasteiger partial charge in [0.05, 0.1) is 0 Å². The fourth-order valence-electron chi connectivity index (χ4n) is 1.77. The second-order valence-electron chi connectivity index (χ2n) is 4.27. The van der Waals surface area contributed by atoms with Gasteiger partial charge in [0.25, 0.3) is 0 Å². The van der Waals surface area contributed by atoms with Gasteiger partial charge >= 0.3 is 5.97 Å². The highest BCUT2D eigenvalue weighted by atomic mass is 16.5. The quantitative estimate of drug-likeness (QED) is 0.347. The lowest BCUT2D eigenvalue weighted by Gasteiger charge is -2.06. The summed E-state index contributed by atoms with van der Waals surface area (Å²) in [5.41, 5.74) is 2.09. The minimum absolute atomic E-state index is 0.466. The maximum atomic E-state index is 11.1. The summed E-state index contributed by atoms with van der Waals surface area (Å²) < 4.78 is 10.5. The molecule has 0 heterocycles. The topological polar surface area (TPSA) is 35.5 Å². The van der Waals surface area contributed by atoms with Gasteiger partial charge in [0.1, 0.15) is 18.1 Å². The van der Waals surface area contributed by atoms with Crippen molar-refractivity contribution in [1.82, 2.24) is 0 Å². The molecule has 0 aliphatic rings. The van der Waals surface area contributed by atoms with E-state index in [-0.39, 0.29) is 0 Å². The summed E-state index contributed by atoms with van der Waals surface area (Å²) in [5, 5.41) is 0. The number of ether oxygens (including phenoxy) is 2. The highest BCUT2D eigenvalue weighted by Crippen LogP contribution is 2.24. The molecule has 0 radical (unpaired) electrons. The van der Waals surface area contributed by atoms with Crippen molar-refractivity contribution in [3.63, 3.8) is 0 Å². The molecule has 0 aliphatic carbocycles. The molecule has 21 heavy (non-hydrogen) atoms. The molecule has 2 rings (SSSR count). The molecule has 2 aromatic rings. The van der Waals surface area contributed by atoms with Gasteiger partial charge in [-0.1, -0.05) is 43.5 Å². The van der Waals surface area contributed by atoms with Crippen molar-refractivity contribution < 1.29 is 14.3 Å². The predicted octanol–water partition coefficient (Wildman–Crippen LogP) is 4.01. The maximum absolute atomic E-state index is 11.1. The number of hydrogen-bond donors (Lipinski definition) is 0. The Morgan fingerprint density at radius 1 is 0.905 bits per heavy atom. The minimum atomic E-state index is -0.466. The Morgan fingerprint density at radius 2 is 1.43 bits per heavy atom. The standard InChI is InChI=1S/C18H16O3/c1-3-13-20-16-9-5-14(6-10-16)15-7-11-17(12-8-15)21-18(19)4-2/h3-12H,1-2,13H2. The largest absolute Gasteiger partial charge is 0.490 e. The normalized spacial score (nSPS) is 9.71. The molecule has 0 unspecified atom stereocenters. The van der Waals surface area contributed by atoms with Gasteiger partial charge in [-0.3, -0.25) is 0 Å². The molecule has 3 heteroatoms. The van der Waals surface area contributed by atoms with Crippen LogP contribution in [-0.4, -0.2) is 12.6 Å². The van der Waals surface area contributed by atoms with Crippen molar-refractivity contribution in [2.75, 3.05) is 6.61 Å². The lowest BCUT2D eigenvalue weighted by molar-refractivity contribution is -0.128. The molecule has 0 amide bonds. The summed E-state index contributed by atoms with van der Waals surface area (Å²) in [5.74, 6) is 0.830. The van der Waals surface area contributed by atoms with Gasteiger partial charge in [0.15, 0.2) is 0 Å². The molecule has 3 nitrogen and oxygen atoms in total. The average molecular weight is 280 g/mol. The van der Waals surface area contributed by atoms with E-state index in [0.717, 1.165) is 23.0 Å². The summed E-state index contributed by atoms with van der Waals surface area (Å²) in [6.45, 7) is 7.46. The van der Waals surface area contributed by atoms with Gasteiger partial charge in [-0.25, -0.2) is 4.79 Å². The highest BCUT2D eigenvalue weighted by Gasteiger charge is 2.02. The third-order valence-corrected chi connectivity index (χ3v) is 2.79. The molecule has 2 aromatic carbocycles. The first-order chi connectivity index (χ1) is 10.2. The van der Waals surface area contributed by atoms with Crippen LogP contribution < -0.4 is 9.47 Å². The van der Waals surface area contributed by atoms with E-state index in [1.54, 1.807) is 18.2 Å². The highest BCUT2D eigenvalue weighted by molar-refractivity contribution is 5.83. The maximum Gasteiger partial charge on any atom is 0.335 e. The van der Waals surface area contributed by atoms with E-state index in [1.807, 2.05) is 36.4 Å². The van der Waals surface area contributed by atoms with Crippen LogP contribution in [-0.2, 0) is 4.79 Å². The molecule has 0 N–H and O–H groups in total. The molecule has 0 spiro atoms. The van der Waals surface area contributed by atoms with Gasteiger partial charge in [-0.15, -0.1) is 0 Å². The van der Waals surface area contributed by atoms with Crippen molar-refractivity contribution >= 4 is 5.97 Å². The van der Waals surface area contributed by atoms with Crippen molar-refractivity contribution in [1.29, 1.82) is 0 Å². The second-order valence-corrected chi connectivity index (χ2v) is 4.27. The van der Waals surface area contributed by atoms with Crippen molar-refractivity contribution in [3.8, 4) is 22.6 Å². The Labute approximate surface area is 124 Å². The Morgan fingerprint density at radius 3 is 1.90 bits per heavy atom. The van der Waals surface area contributed by atoms with Crippen LogP contribution >= 0.6 is 0 Å². The zero-order chi connectivity index (χ0) is 15.1. The lowest BCUT2D eigenvalue weighted by Crippen LogP contribution is -2.02. The van der Waals surface area contributed by atoms with Gasteiger partial charge in [0, 0.05) is 6.08 Å². The number of esters is 1. The van der Waals surface area contributed by atoms with E-state index in [1.165, 1.54) is 0 Å². The summed E-state index contributed by atoms with van der Waals surface area (Å²) in [4.78, 5) is 11.1. The van der Waals surface area contributed by atoms with E-state index >= 15 is 0 Å². The van der Waals surface area contributed by atoms with Crippen LogP contribution in [0.3, 0.4) is 0 Å². The predicted molar refractivity (Wildman–Crippen MR) is 83.4 cm³/mol. The summed E-state index contributed by atoms with van der Waals surface area (Å²) >= 11 is 0. The molecule has 106 valence electrons. The van der Waals surface area contributed by atoms with Crippen LogP contribution in [0.5, 0.6) is 11.5 Å². The van der Waals surface area contributed by atoms with Crippen LogP contribution in [0, 0.1) is 0 Å². The van der Waals surface area contributed by atoms with Crippen LogP contribution in [0.4, 0.5) is 0 Å². The Bertz CT molecular complexity index is 625. The fraction of sp³-hybridized carbons (Fsp3) is 0.0556. The minimum Gasteiger partial charge on any atom is -0.490 e. The van der Waals surface area contributed by atoms with Crippen LogP contribution in [0.2, 0.25) is 0 Å². The third kappa shape index (κ3) is 4.08. The number of benzene rings is 2. The van der Waals surface area contributed by atoms with E-state index < -0.39 is 5.97 Å². The molecular formula is C18H16O3. The molecule has 0 aliphatic heterocycles. The first-order valence-electron chi connectivity index (χ1n) is 6.51. The fourth-order valence-corrected chi connectivity index (χ4v) is 1.77. The molecule has 0 bridgehead atoms. The van der Waals surface area contributed by atoms with Crippen LogP contribution in [0.25, 0.3) is 11.1 Å². The third-order valence-electron chi connectivity index (χ3n) is 2.79. The summed E-state index contributed by atoms with van der Waals surface area (Å²) in [7, 11) is 0. The van der Waals surface area contributed by atoms with E-state index in [4.69, 9.17) is 9.47 Å². The van der Waals surface area contributed by atoms with Gasteiger partial charge < -0.3 is 9.47 Å². The number of carbonyl (C=O) groups excluding carboxylic acids is 1. The number of hydrogen-bond acceptors (Lipinski definition) is 3. The van der Waals surface area contributed by atoms with Crippen LogP contribution in [0.1, 0.15) is 0 Å². The molecule has 0 aromatic heterocycles.